The third-order valence-electron chi connectivity index (χ3n) is 5.89. The average molecular weight is 540 g/mol. The van der Waals surface area contributed by atoms with Gasteiger partial charge in [-0.3, -0.25) is 0 Å². The van der Waals surface area contributed by atoms with Crippen molar-refractivity contribution in [2.75, 3.05) is 11.9 Å². The predicted octanol–water partition coefficient (Wildman–Crippen LogP) is 5.79. The zero-order valence-corrected chi connectivity index (χ0v) is 23.3. The minimum absolute atomic E-state index is 0.353. The summed E-state index contributed by atoms with van der Waals surface area (Å²) < 4.78 is 13.1. The number of imidazole rings is 1. The minimum atomic E-state index is -0.674. The second-order valence-corrected chi connectivity index (χ2v) is 10.7. The van der Waals surface area contributed by atoms with Gasteiger partial charge in [-0.2, -0.15) is 5.26 Å². The van der Waals surface area contributed by atoms with Crippen LogP contribution < -0.4 is 15.4 Å². The van der Waals surface area contributed by atoms with E-state index in [4.69, 9.17) is 9.47 Å². The smallest absolute Gasteiger partial charge is 0.408 e. The number of nitriles is 1. The lowest BCUT2D eigenvalue weighted by atomic mass is 9.93. The number of hydrogen-bond donors (Lipinski definition) is 2. The third-order valence-corrected chi connectivity index (χ3v) is 5.89. The lowest BCUT2D eigenvalue weighted by molar-refractivity contribution is 0.0470. The quantitative estimate of drug-likeness (QED) is 0.273. The van der Waals surface area contributed by atoms with E-state index in [1.165, 1.54) is 6.20 Å². The number of anilines is 2. The number of aromatic nitrogens is 4. The zero-order valence-electron chi connectivity index (χ0n) is 23.3. The van der Waals surface area contributed by atoms with Crippen LogP contribution in [0.15, 0.2) is 73.4 Å². The first-order valence-electron chi connectivity index (χ1n) is 12.9. The van der Waals surface area contributed by atoms with Gasteiger partial charge in [0.05, 0.1) is 35.9 Å². The number of carbonyl (C=O) groups is 1. The number of nitrogens with zero attached hydrogens (tertiary/aromatic N) is 5. The molecule has 2 heterocycles. The fourth-order valence-electron chi connectivity index (χ4n) is 3.87. The lowest BCUT2D eigenvalue weighted by Crippen LogP contribution is -2.43. The molecule has 0 aliphatic carbocycles. The number of benzene rings is 2. The van der Waals surface area contributed by atoms with Crippen molar-refractivity contribution in [1.82, 2.24) is 24.8 Å². The molecule has 0 spiro atoms. The number of rotatable bonds is 9. The molecule has 0 aliphatic heterocycles. The van der Waals surface area contributed by atoms with Crippen LogP contribution in [0, 0.1) is 11.3 Å². The normalized spacial score (nSPS) is 11.4. The summed E-state index contributed by atoms with van der Waals surface area (Å²) in [5.41, 5.74) is 2.00. The van der Waals surface area contributed by atoms with Crippen molar-refractivity contribution in [3.05, 3.63) is 84.6 Å². The SMILES string of the molecule is CC(C)(C)OC(=O)NC(C)(C)c1ccc(-c2nc(Nc3ccc(OCCn4ccnc4)cc3)ncc2C#N)cc1. The number of amides is 1. The van der Waals surface area contributed by atoms with Crippen LogP contribution in [0.2, 0.25) is 0 Å². The van der Waals surface area contributed by atoms with E-state index in [2.05, 4.69) is 31.7 Å². The van der Waals surface area contributed by atoms with E-state index in [-0.39, 0.29) is 0 Å². The lowest BCUT2D eigenvalue weighted by Gasteiger charge is -2.29. The topological polar surface area (TPSA) is 127 Å². The Bertz CT molecular complexity index is 1470. The predicted molar refractivity (Wildman–Crippen MR) is 152 cm³/mol. The summed E-state index contributed by atoms with van der Waals surface area (Å²) in [4.78, 5) is 25.3. The molecule has 0 saturated heterocycles. The molecule has 0 saturated carbocycles. The van der Waals surface area contributed by atoms with Crippen LogP contribution in [-0.2, 0) is 16.8 Å². The highest BCUT2D eigenvalue weighted by Crippen LogP contribution is 2.28. The number of ether oxygens (including phenoxy) is 2. The number of carbonyl (C=O) groups excluding carboxylic acids is 1. The Kier molecular flexibility index (Phi) is 8.34. The van der Waals surface area contributed by atoms with E-state index in [0.717, 1.165) is 22.6 Å². The van der Waals surface area contributed by atoms with E-state index in [9.17, 15) is 10.1 Å². The summed E-state index contributed by atoms with van der Waals surface area (Å²) in [6.45, 7) is 10.5. The Morgan fingerprint density at radius 1 is 1.05 bits per heavy atom. The van der Waals surface area contributed by atoms with Gasteiger partial charge in [0.25, 0.3) is 0 Å². The van der Waals surface area contributed by atoms with Crippen molar-refractivity contribution in [3.63, 3.8) is 0 Å². The van der Waals surface area contributed by atoms with E-state index >= 15 is 0 Å². The van der Waals surface area contributed by atoms with Gasteiger partial charge in [0.2, 0.25) is 5.95 Å². The number of nitrogens with one attached hydrogen (secondary N) is 2. The molecule has 4 aromatic rings. The van der Waals surface area contributed by atoms with Gasteiger partial charge < -0.3 is 24.7 Å². The summed E-state index contributed by atoms with van der Waals surface area (Å²) in [6.07, 6.45) is 6.39. The van der Waals surface area contributed by atoms with Crippen molar-refractivity contribution < 1.29 is 14.3 Å². The van der Waals surface area contributed by atoms with Gasteiger partial charge in [0, 0.05) is 23.6 Å². The molecule has 0 bridgehead atoms. The van der Waals surface area contributed by atoms with Gasteiger partial charge >= 0.3 is 6.09 Å². The minimum Gasteiger partial charge on any atom is -0.492 e. The molecule has 0 atom stereocenters. The summed E-state index contributed by atoms with van der Waals surface area (Å²) in [5, 5.41) is 15.8. The highest BCUT2D eigenvalue weighted by Gasteiger charge is 2.26. The molecular weight excluding hydrogens is 506 g/mol. The van der Waals surface area contributed by atoms with Crippen LogP contribution in [0.4, 0.5) is 16.4 Å². The standard InChI is InChI=1S/C30H33N7O3/c1-29(2,3)40-28(38)36-30(4,5)23-8-6-21(7-9-23)26-22(18-31)19-33-27(35-26)34-24-10-12-25(13-11-24)39-17-16-37-15-14-32-20-37/h6-15,19-20H,16-17H2,1-5H3,(H,36,38)(H,33,34,35). The van der Waals surface area contributed by atoms with Crippen molar-refractivity contribution in [2.24, 2.45) is 0 Å². The maximum atomic E-state index is 12.3. The van der Waals surface area contributed by atoms with Gasteiger partial charge in [-0.15, -0.1) is 0 Å². The van der Waals surface area contributed by atoms with Crippen molar-refractivity contribution in [2.45, 2.75) is 52.3 Å². The molecule has 4 rings (SSSR count). The van der Waals surface area contributed by atoms with Crippen LogP contribution in [0.25, 0.3) is 11.3 Å². The van der Waals surface area contributed by atoms with Gasteiger partial charge in [-0.25, -0.2) is 19.7 Å². The number of hydrogen-bond acceptors (Lipinski definition) is 8. The Morgan fingerprint density at radius 2 is 1.77 bits per heavy atom. The first-order chi connectivity index (χ1) is 19.0. The van der Waals surface area contributed by atoms with Crippen molar-refractivity contribution in [1.29, 1.82) is 5.26 Å². The first-order valence-corrected chi connectivity index (χ1v) is 12.9. The Morgan fingerprint density at radius 3 is 2.40 bits per heavy atom. The maximum Gasteiger partial charge on any atom is 0.408 e. The summed E-state index contributed by atoms with van der Waals surface area (Å²) in [6, 6.07) is 17.2. The Balaban J connectivity index is 1.43. The molecule has 40 heavy (non-hydrogen) atoms. The molecule has 10 nitrogen and oxygen atoms in total. The second-order valence-electron chi connectivity index (χ2n) is 10.7. The molecule has 2 N–H and O–H groups in total. The molecule has 2 aromatic heterocycles. The van der Waals surface area contributed by atoms with Crippen LogP contribution in [0.3, 0.4) is 0 Å². The highest BCUT2D eigenvalue weighted by molar-refractivity contribution is 5.70. The van der Waals surface area contributed by atoms with Crippen LogP contribution >= 0.6 is 0 Å². The second kappa shape index (κ2) is 11.9. The van der Waals surface area contributed by atoms with Gasteiger partial charge in [-0.1, -0.05) is 24.3 Å². The Hall–Kier alpha value is -4.91. The molecule has 0 aliphatic rings. The van der Waals surface area contributed by atoms with E-state index in [1.54, 1.807) is 12.5 Å². The molecule has 0 fully saturated rings. The molecule has 0 unspecified atom stereocenters. The van der Waals surface area contributed by atoms with E-state index < -0.39 is 17.2 Å². The monoisotopic (exact) mass is 539 g/mol. The van der Waals surface area contributed by atoms with E-state index in [0.29, 0.717) is 30.4 Å². The number of alkyl carbamates (subject to hydrolysis) is 1. The van der Waals surface area contributed by atoms with Gasteiger partial charge in [0.15, 0.2) is 0 Å². The van der Waals surface area contributed by atoms with Gasteiger partial charge in [0.1, 0.15) is 24.0 Å². The van der Waals surface area contributed by atoms with Crippen molar-refractivity contribution >= 4 is 17.7 Å². The van der Waals surface area contributed by atoms with Crippen LogP contribution in [0.5, 0.6) is 5.75 Å². The van der Waals surface area contributed by atoms with Crippen molar-refractivity contribution in [3.8, 4) is 23.1 Å². The molecule has 206 valence electrons. The molecule has 2 aromatic carbocycles. The van der Waals surface area contributed by atoms with Gasteiger partial charge in [-0.05, 0) is 64.4 Å². The maximum absolute atomic E-state index is 12.3. The zero-order chi connectivity index (χ0) is 28.8. The largest absolute Gasteiger partial charge is 0.492 e. The summed E-state index contributed by atoms with van der Waals surface area (Å²) in [7, 11) is 0. The highest BCUT2D eigenvalue weighted by atomic mass is 16.6. The van der Waals surface area contributed by atoms with Crippen LogP contribution in [0.1, 0.15) is 45.7 Å². The fourth-order valence-corrected chi connectivity index (χ4v) is 3.87. The first kappa shape index (κ1) is 28.1. The molecule has 0 radical (unpaired) electrons. The average Bonchev–Trinajstić information content (AvgIpc) is 3.42. The van der Waals surface area contributed by atoms with Crippen LogP contribution in [-0.4, -0.2) is 37.8 Å². The van der Waals surface area contributed by atoms with E-state index in [1.807, 2.05) is 93.9 Å². The third kappa shape index (κ3) is 7.57. The molecule has 10 heteroatoms. The molecular formula is C30H33N7O3. The molecule has 1 amide bonds. The summed E-state index contributed by atoms with van der Waals surface area (Å²) >= 11 is 0. The Labute approximate surface area is 234 Å². The fraction of sp³-hybridized carbons (Fsp3) is 0.300. The summed E-state index contributed by atoms with van der Waals surface area (Å²) in [5.74, 6) is 1.11.